The standard InChI is InChI=1S/C8H14O2/c1-5(2)6-3-4-7(9)8(6)10/h5-7,9H,3-4H2,1-2H3. The first-order valence-electron chi connectivity index (χ1n) is 3.84. The third-order valence-corrected chi connectivity index (χ3v) is 2.25. The van der Waals surface area contributed by atoms with Crippen molar-refractivity contribution in [2.45, 2.75) is 32.8 Å². The van der Waals surface area contributed by atoms with Crippen LogP contribution in [0.25, 0.3) is 0 Å². The SMILES string of the molecule is CC(C)C1CCC(O)C1=O. The zero-order valence-electron chi connectivity index (χ0n) is 6.50. The maximum Gasteiger partial charge on any atom is 0.164 e. The largest absolute Gasteiger partial charge is 0.385 e. The van der Waals surface area contributed by atoms with Gasteiger partial charge in [0.1, 0.15) is 6.10 Å². The van der Waals surface area contributed by atoms with E-state index in [4.69, 9.17) is 5.11 Å². The van der Waals surface area contributed by atoms with Crippen LogP contribution in [0, 0.1) is 11.8 Å². The van der Waals surface area contributed by atoms with E-state index >= 15 is 0 Å². The molecule has 1 rings (SSSR count). The summed E-state index contributed by atoms with van der Waals surface area (Å²) in [7, 11) is 0. The molecule has 2 nitrogen and oxygen atoms in total. The average molecular weight is 142 g/mol. The van der Waals surface area contributed by atoms with Gasteiger partial charge in [-0.1, -0.05) is 13.8 Å². The Morgan fingerprint density at radius 2 is 2.10 bits per heavy atom. The predicted octanol–water partition coefficient (Wildman–Crippen LogP) is 0.982. The Bertz CT molecular complexity index is 140. The fraction of sp³-hybridized carbons (Fsp3) is 0.875. The maximum absolute atomic E-state index is 11.1. The fourth-order valence-electron chi connectivity index (χ4n) is 1.53. The molecule has 1 aliphatic carbocycles. The van der Waals surface area contributed by atoms with E-state index in [9.17, 15) is 4.79 Å². The molecule has 0 radical (unpaired) electrons. The average Bonchev–Trinajstić information content (AvgIpc) is 2.14. The van der Waals surface area contributed by atoms with Gasteiger partial charge in [-0.25, -0.2) is 0 Å². The molecular formula is C8H14O2. The molecular weight excluding hydrogens is 128 g/mol. The van der Waals surface area contributed by atoms with Gasteiger partial charge in [-0.05, 0) is 18.8 Å². The number of hydrogen-bond donors (Lipinski definition) is 1. The van der Waals surface area contributed by atoms with E-state index in [0.717, 1.165) is 6.42 Å². The normalized spacial score (nSPS) is 33.8. The number of ketones is 1. The Morgan fingerprint density at radius 3 is 2.30 bits per heavy atom. The van der Waals surface area contributed by atoms with E-state index in [0.29, 0.717) is 12.3 Å². The summed E-state index contributed by atoms with van der Waals surface area (Å²) in [6, 6.07) is 0. The second-order valence-electron chi connectivity index (χ2n) is 3.35. The molecule has 10 heavy (non-hydrogen) atoms. The van der Waals surface area contributed by atoms with Crippen molar-refractivity contribution >= 4 is 5.78 Å². The van der Waals surface area contributed by atoms with Crippen LogP contribution in [0.15, 0.2) is 0 Å². The summed E-state index contributed by atoms with van der Waals surface area (Å²) in [6.45, 7) is 4.06. The van der Waals surface area contributed by atoms with Crippen LogP contribution in [-0.4, -0.2) is 17.0 Å². The van der Waals surface area contributed by atoms with Gasteiger partial charge in [-0.3, -0.25) is 4.79 Å². The first kappa shape index (κ1) is 7.73. The molecule has 1 aliphatic rings. The van der Waals surface area contributed by atoms with Crippen molar-refractivity contribution in [3.05, 3.63) is 0 Å². The molecule has 2 unspecified atom stereocenters. The van der Waals surface area contributed by atoms with Crippen LogP contribution in [-0.2, 0) is 4.79 Å². The maximum atomic E-state index is 11.1. The molecule has 0 heterocycles. The third kappa shape index (κ3) is 1.21. The molecule has 0 spiro atoms. The summed E-state index contributed by atoms with van der Waals surface area (Å²) < 4.78 is 0. The van der Waals surface area contributed by atoms with Crippen molar-refractivity contribution in [3.63, 3.8) is 0 Å². The smallest absolute Gasteiger partial charge is 0.164 e. The highest BCUT2D eigenvalue weighted by Gasteiger charge is 2.34. The van der Waals surface area contributed by atoms with Crippen LogP contribution >= 0.6 is 0 Å². The lowest BCUT2D eigenvalue weighted by atomic mass is 9.94. The first-order valence-corrected chi connectivity index (χ1v) is 3.84. The third-order valence-electron chi connectivity index (χ3n) is 2.25. The number of carbonyl (C=O) groups excluding carboxylic acids is 1. The van der Waals surface area contributed by atoms with Gasteiger partial charge in [0.05, 0.1) is 0 Å². The Labute approximate surface area is 61.2 Å². The molecule has 0 aromatic carbocycles. The number of rotatable bonds is 1. The highest BCUT2D eigenvalue weighted by atomic mass is 16.3. The molecule has 58 valence electrons. The van der Waals surface area contributed by atoms with Crippen molar-refractivity contribution in [3.8, 4) is 0 Å². The van der Waals surface area contributed by atoms with Crippen molar-refractivity contribution in [1.82, 2.24) is 0 Å². The number of carbonyl (C=O) groups is 1. The second-order valence-corrected chi connectivity index (χ2v) is 3.35. The fourth-order valence-corrected chi connectivity index (χ4v) is 1.53. The molecule has 1 saturated carbocycles. The molecule has 2 atom stereocenters. The quantitative estimate of drug-likeness (QED) is 0.592. The molecule has 1 N–H and O–H groups in total. The summed E-state index contributed by atoms with van der Waals surface area (Å²) in [5.74, 6) is 0.564. The lowest BCUT2D eigenvalue weighted by Gasteiger charge is -2.10. The molecule has 0 saturated heterocycles. The number of hydrogen-bond acceptors (Lipinski definition) is 2. The molecule has 0 amide bonds. The monoisotopic (exact) mass is 142 g/mol. The van der Waals surface area contributed by atoms with E-state index in [1.807, 2.05) is 13.8 Å². The van der Waals surface area contributed by atoms with Crippen molar-refractivity contribution in [1.29, 1.82) is 0 Å². The van der Waals surface area contributed by atoms with Gasteiger partial charge >= 0.3 is 0 Å². The van der Waals surface area contributed by atoms with Gasteiger partial charge in [0.2, 0.25) is 0 Å². The Hall–Kier alpha value is -0.370. The molecule has 0 aromatic rings. The molecule has 1 fully saturated rings. The number of aliphatic hydroxyl groups excluding tert-OH is 1. The lowest BCUT2D eigenvalue weighted by molar-refractivity contribution is -0.128. The van der Waals surface area contributed by atoms with Crippen molar-refractivity contribution in [2.75, 3.05) is 0 Å². The van der Waals surface area contributed by atoms with Crippen LogP contribution in [0.4, 0.5) is 0 Å². The van der Waals surface area contributed by atoms with Crippen LogP contribution in [0.3, 0.4) is 0 Å². The van der Waals surface area contributed by atoms with Gasteiger partial charge < -0.3 is 5.11 Å². The molecule has 0 aromatic heterocycles. The lowest BCUT2D eigenvalue weighted by Crippen LogP contribution is -2.21. The summed E-state index contributed by atoms with van der Waals surface area (Å²) >= 11 is 0. The second kappa shape index (κ2) is 2.70. The van der Waals surface area contributed by atoms with E-state index in [-0.39, 0.29) is 11.7 Å². The molecule has 2 heteroatoms. The summed E-state index contributed by atoms with van der Waals surface area (Å²) in [5.41, 5.74) is 0. The highest BCUT2D eigenvalue weighted by molar-refractivity contribution is 5.87. The van der Waals surface area contributed by atoms with Crippen LogP contribution in [0.1, 0.15) is 26.7 Å². The van der Waals surface area contributed by atoms with Crippen LogP contribution in [0.2, 0.25) is 0 Å². The highest BCUT2D eigenvalue weighted by Crippen LogP contribution is 2.27. The van der Waals surface area contributed by atoms with E-state index in [2.05, 4.69) is 0 Å². The zero-order chi connectivity index (χ0) is 7.72. The van der Waals surface area contributed by atoms with Crippen molar-refractivity contribution in [2.24, 2.45) is 11.8 Å². The van der Waals surface area contributed by atoms with Crippen molar-refractivity contribution < 1.29 is 9.90 Å². The summed E-state index contributed by atoms with van der Waals surface area (Å²) in [5, 5.41) is 9.07. The Balaban J connectivity index is 2.57. The minimum atomic E-state index is -0.660. The topological polar surface area (TPSA) is 37.3 Å². The van der Waals surface area contributed by atoms with Gasteiger partial charge in [0.15, 0.2) is 5.78 Å². The van der Waals surface area contributed by atoms with E-state index in [1.54, 1.807) is 0 Å². The van der Waals surface area contributed by atoms with Gasteiger partial charge in [-0.2, -0.15) is 0 Å². The minimum absolute atomic E-state index is 0.0509. The minimum Gasteiger partial charge on any atom is -0.385 e. The summed E-state index contributed by atoms with van der Waals surface area (Å²) in [6.07, 6.45) is 0.881. The summed E-state index contributed by atoms with van der Waals surface area (Å²) in [4.78, 5) is 11.1. The van der Waals surface area contributed by atoms with Gasteiger partial charge in [0, 0.05) is 5.92 Å². The molecule has 0 aliphatic heterocycles. The first-order chi connectivity index (χ1) is 4.63. The number of aliphatic hydroxyl groups is 1. The van der Waals surface area contributed by atoms with E-state index in [1.165, 1.54) is 0 Å². The number of Topliss-reactive ketones (excluding diaryl/α,β-unsaturated/α-hetero) is 1. The van der Waals surface area contributed by atoms with Crippen LogP contribution < -0.4 is 0 Å². The zero-order valence-corrected chi connectivity index (χ0v) is 6.50. The van der Waals surface area contributed by atoms with E-state index < -0.39 is 6.10 Å². The van der Waals surface area contributed by atoms with Gasteiger partial charge in [0.25, 0.3) is 0 Å². The molecule has 0 bridgehead atoms. The Morgan fingerprint density at radius 1 is 1.50 bits per heavy atom. The van der Waals surface area contributed by atoms with Gasteiger partial charge in [-0.15, -0.1) is 0 Å². The van der Waals surface area contributed by atoms with Crippen LogP contribution in [0.5, 0.6) is 0 Å². The Kier molecular flexibility index (Phi) is 2.09. The predicted molar refractivity (Wildman–Crippen MR) is 38.6 cm³/mol.